The van der Waals surface area contributed by atoms with Crippen molar-refractivity contribution in [3.63, 3.8) is 0 Å². The molecule has 1 N–H and O–H groups in total. The SMILES string of the molecule is O=C(C[N+]12CCC(CC1)C(OC(=O)C(Nc1ccccc1)c1ccccc1)C2)c1ccc(F)cc1. The maximum absolute atomic E-state index is 13.5. The van der Waals surface area contributed by atoms with E-state index >= 15 is 0 Å². The first-order valence-electron chi connectivity index (χ1n) is 12.2. The first kappa shape index (κ1) is 23.2. The van der Waals surface area contributed by atoms with Crippen LogP contribution in [-0.4, -0.2) is 48.5 Å². The van der Waals surface area contributed by atoms with Crippen LogP contribution < -0.4 is 5.32 Å². The number of rotatable bonds is 8. The number of anilines is 1. The van der Waals surface area contributed by atoms with E-state index in [0.29, 0.717) is 29.1 Å². The molecule has 0 saturated carbocycles. The van der Waals surface area contributed by atoms with Gasteiger partial charge in [0.15, 0.2) is 12.1 Å². The van der Waals surface area contributed by atoms with E-state index in [0.717, 1.165) is 37.2 Å². The molecule has 6 heteroatoms. The number of hydrogen-bond donors (Lipinski definition) is 1. The number of carbonyl (C=O) groups is 2. The van der Waals surface area contributed by atoms with Gasteiger partial charge in [-0.2, -0.15) is 0 Å². The van der Waals surface area contributed by atoms with E-state index < -0.39 is 6.04 Å². The Morgan fingerprint density at radius 3 is 2.20 bits per heavy atom. The smallest absolute Gasteiger partial charge is 0.333 e. The van der Waals surface area contributed by atoms with Crippen molar-refractivity contribution in [3.8, 4) is 0 Å². The molecule has 5 nitrogen and oxygen atoms in total. The number of benzene rings is 3. The molecule has 35 heavy (non-hydrogen) atoms. The number of piperidine rings is 3. The minimum atomic E-state index is -0.622. The largest absolute Gasteiger partial charge is 0.454 e. The highest BCUT2D eigenvalue weighted by atomic mass is 19.1. The number of esters is 1. The molecule has 3 saturated heterocycles. The number of nitrogens with one attached hydrogen (secondary N) is 1. The van der Waals surface area contributed by atoms with Gasteiger partial charge in [-0.05, 0) is 42.0 Å². The van der Waals surface area contributed by atoms with Gasteiger partial charge in [0.1, 0.15) is 18.9 Å². The van der Waals surface area contributed by atoms with Gasteiger partial charge in [-0.3, -0.25) is 4.79 Å². The Hall–Kier alpha value is -3.51. The van der Waals surface area contributed by atoms with Crippen LogP contribution in [0.2, 0.25) is 0 Å². The maximum atomic E-state index is 13.5. The molecule has 0 radical (unpaired) electrons. The Kier molecular flexibility index (Phi) is 6.64. The Balaban J connectivity index is 1.30. The van der Waals surface area contributed by atoms with Crippen molar-refractivity contribution < 1.29 is 23.2 Å². The van der Waals surface area contributed by atoms with Crippen LogP contribution in [0.1, 0.15) is 34.8 Å². The van der Waals surface area contributed by atoms with Gasteiger partial charge in [-0.15, -0.1) is 0 Å². The molecule has 0 spiro atoms. The lowest BCUT2D eigenvalue weighted by Gasteiger charge is -2.51. The zero-order valence-electron chi connectivity index (χ0n) is 19.6. The van der Waals surface area contributed by atoms with Crippen molar-refractivity contribution in [2.24, 2.45) is 5.92 Å². The molecule has 3 fully saturated rings. The molecule has 3 aromatic carbocycles. The number of ketones is 1. The molecule has 3 aliphatic rings. The summed E-state index contributed by atoms with van der Waals surface area (Å²) in [7, 11) is 0. The maximum Gasteiger partial charge on any atom is 0.333 e. The highest BCUT2D eigenvalue weighted by molar-refractivity contribution is 5.97. The van der Waals surface area contributed by atoms with Crippen LogP contribution in [0.5, 0.6) is 0 Å². The topological polar surface area (TPSA) is 55.4 Å². The third-order valence-electron chi connectivity index (χ3n) is 7.41. The summed E-state index contributed by atoms with van der Waals surface area (Å²) in [6.07, 6.45) is 1.63. The van der Waals surface area contributed by atoms with Crippen molar-refractivity contribution >= 4 is 17.4 Å². The lowest BCUT2D eigenvalue weighted by atomic mass is 9.82. The summed E-state index contributed by atoms with van der Waals surface area (Å²) in [5.74, 6) is -0.338. The third kappa shape index (κ3) is 5.28. The number of halogens is 1. The number of hydrogen-bond acceptors (Lipinski definition) is 4. The first-order chi connectivity index (χ1) is 17.0. The van der Waals surface area contributed by atoms with Gasteiger partial charge < -0.3 is 14.5 Å². The molecule has 3 heterocycles. The second-order valence-electron chi connectivity index (χ2n) is 9.73. The molecule has 3 aromatic rings. The van der Waals surface area contributed by atoms with Crippen LogP contribution in [-0.2, 0) is 9.53 Å². The number of Topliss-reactive ketones (excluding diaryl/α,β-unsaturated/α-hetero) is 1. The molecule has 2 atom stereocenters. The fraction of sp³-hybridized carbons (Fsp3) is 0.310. The second-order valence-corrected chi connectivity index (χ2v) is 9.73. The van der Waals surface area contributed by atoms with E-state index in [2.05, 4.69) is 5.32 Å². The summed E-state index contributed by atoms with van der Waals surface area (Å²) < 4.78 is 20.1. The van der Waals surface area contributed by atoms with Crippen LogP contribution in [0.15, 0.2) is 84.9 Å². The second kappa shape index (κ2) is 10.0. The zero-order chi connectivity index (χ0) is 24.3. The molecular weight excluding hydrogens is 443 g/mol. The van der Waals surface area contributed by atoms with Crippen LogP contribution in [0.4, 0.5) is 10.1 Å². The van der Waals surface area contributed by atoms with Crippen LogP contribution in [0, 0.1) is 11.7 Å². The van der Waals surface area contributed by atoms with Gasteiger partial charge in [0.05, 0.1) is 13.1 Å². The number of carbonyl (C=O) groups excluding carboxylic acids is 2. The molecule has 0 aliphatic carbocycles. The van der Waals surface area contributed by atoms with E-state index in [-0.39, 0.29) is 23.7 Å². The minimum absolute atomic E-state index is 0.00309. The van der Waals surface area contributed by atoms with E-state index in [1.165, 1.54) is 12.1 Å². The highest BCUT2D eigenvalue weighted by Crippen LogP contribution is 2.36. The van der Waals surface area contributed by atoms with Gasteiger partial charge in [-0.1, -0.05) is 48.5 Å². The third-order valence-corrected chi connectivity index (χ3v) is 7.41. The number of para-hydroxylation sites is 1. The summed E-state index contributed by atoms with van der Waals surface area (Å²) in [6.45, 7) is 2.78. The van der Waals surface area contributed by atoms with Crippen LogP contribution >= 0.6 is 0 Å². The lowest BCUT2D eigenvalue weighted by molar-refractivity contribution is -0.938. The Bertz CT molecular complexity index is 1160. The molecule has 0 aromatic heterocycles. The zero-order valence-corrected chi connectivity index (χ0v) is 19.6. The molecule has 2 unspecified atom stereocenters. The molecular formula is C29H30FN2O3+. The van der Waals surface area contributed by atoms with Crippen LogP contribution in [0.25, 0.3) is 0 Å². The van der Waals surface area contributed by atoms with Crippen molar-refractivity contribution in [3.05, 3.63) is 102 Å². The summed E-state index contributed by atoms with van der Waals surface area (Å²) in [5, 5.41) is 3.33. The fourth-order valence-corrected chi connectivity index (χ4v) is 5.45. The lowest BCUT2D eigenvalue weighted by Crippen LogP contribution is -2.65. The van der Waals surface area contributed by atoms with Gasteiger partial charge in [0.2, 0.25) is 5.78 Å². The van der Waals surface area contributed by atoms with Crippen LogP contribution in [0.3, 0.4) is 0 Å². The van der Waals surface area contributed by atoms with Gasteiger partial charge >= 0.3 is 5.97 Å². The highest BCUT2D eigenvalue weighted by Gasteiger charge is 2.49. The summed E-state index contributed by atoms with van der Waals surface area (Å²) in [6, 6.07) is 24.4. The summed E-state index contributed by atoms with van der Waals surface area (Å²) >= 11 is 0. The standard InChI is InChI=1S/C29H30FN2O3/c30-24-13-11-21(12-14-24)26(33)19-32-17-15-22(16-18-32)27(20-32)35-29(34)28(23-7-3-1-4-8-23)31-25-9-5-2-6-10-25/h1-14,22,27-28,31H,15-20H2/q+1. The average molecular weight is 474 g/mol. The van der Waals surface area contributed by atoms with E-state index in [9.17, 15) is 14.0 Å². The minimum Gasteiger partial charge on any atom is -0.454 e. The molecule has 180 valence electrons. The van der Waals surface area contributed by atoms with Crippen molar-refractivity contribution in [2.75, 3.05) is 31.5 Å². The Morgan fingerprint density at radius 2 is 1.54 bits per heavy atom. The number of fused-ring (bicyclic) bond motifs is 3. The Morgan fingerprint density at radius 1 is 0.914 bits per heavy atom. The van der Waals surface area contributed by atoms with E-state index in [1.807, 2.05) is 60.7 Å². The van der Waals surface area contributed by atoms with E-state index in [1.54, 1.807) is 12.1 Å². The predicted molar refractivity (Wildman–Crippen MR) is 132 cm³/mol. The molecule has 2 bridgehead atoms. The number of ether oxygens (including phenoxy) is 1. The normalized spacial score (nSPS) is 23.9. The summed E-state index contributed by atoms with van der Waals surface area (Å²) in [4.78, 5) is 26.5. The first-order valence-corrected chi connectivity index (χ1v) is 12.2. The average Bonchev–Trinajstić information content (AvgIpc) is 2.89. The van der Waals surface area contributed by atoms with Gasteiger partial charge in [-0.25, -0.2) is 9.18 Å². The van der Waals surface area contributed by atoms with Crippen molar-refractivity contribution in [1.82, 2.24) is 0 Å². The Labute approximate surface area is 205 Å². The quantitative estimate of drug-likeness (QED) is 0.284. The van der Waals surface area contributed by atoms with Crippen molar-refractivity contribution in [2.45, 2.75) is 25.0 Å². The van der Waals surface area contributed by atoms with E-state index in [4.69, 9.17) is 4.74 Å². The monoisotopic (exact) mass is 473 g/mol. The van der Waals surface area contributed by atoms with Crippen molar-refractivity contribution in [1.29, 1.82) is 0 Å². The molecule has 6 rings (SSSR count). The summed E-state index contributed by atoms with van der Waals surface area (Å²) in [5.41, 5.74) is 2.22. The number of nitrogens with zero attached hydrogens (tertiary/aromatic N) is 1. The van der Waals surface area contributed by atoms with Gasteiger partial charge in [0, 0.05) is 30.0 Å². The fourth-order valence-electron chi connectivity index (χ4n) is 5.45. The molecule has 0 amide bonds. The predicted octanol–water partition coefficient (Wildman–Crippen LogP) is 5.01. The molecule has 3 aliphatic heterocycles. The van der Waals surface area contributed by atoms with Gasteiger partial charge in [0.25, 0.3) is 0 Å². The number of quaternary nitrogens is 1.